The van der Waals surface area contributed by atoms with E-state index in [2.05, 4.69) is 20.2 Å². The highest BCUT2D eigenvalue weighted by Crippen LogP contribution is 2.24. The van der Waals surface area contributed by atoms with E-state index in [1.807, 2.05) is 30.3 Å². The Bertz CT molecular complexity index is 836. The number of pyridine rings is 1. The first-order valence-electron chi connectivity index (χ1n) is 6.26. The van der Waals surface area contributed by atoms with Gasteiger partial charge in [-0.1, -0.05) is 29.8 Å². The lowest BCUT2D eigenvalue weighted by Gasteiger charge is -1.98. The Morgan fingerprint density at radius 1 is 1.10 bits per heavy atom. The van der Waals surface area contributed by atoms with Crippen LogP contribution in [-0.2, 0) is 0 Å². The van der Waals surface area contributed by atoms with Gasteiger partial charge in [0.1, 0.15) is 0 Å². The van der Waals surface area contributed by atoms with Crippen LogP contribution in [0, 0.1) is 0 Å². The summed E-state index contributed by atoms with van der Waals surface area (Å²) in [6.45, 7) is 0. The highest BCUT2D eigenvalue weighted by Gasteiger charge is 2.10. The molecule has 2 heterocycles. The lowest BCUT2D eigenvalue weighted by atomic mass is 10.2. The van der Waals surface area contributed by atoms with Crippen molar-refractivity contribution in [1.82, 2.24) is 15.2 Å². The normalized spacial score (nSPS) is 11.1. The topological polar surface area (TPSA) is 73.9 Å². The zero-order valence-electron chi connectivity index (χ0n) is 10.9. The van der Waals surface area contributed by atoms with Crippen LogP contribution >= 0.6 is 11.6 Å². The Labute approximate surface area is 125 Å². The average molecular weight is 299 g/mol. The minimum atomic E-state index is -0.258. The number of nitrogens with one attached hydrogen (secondary N) is 2. The average Bonchev–Trinajstić information content (AvgIpc) is 2.88. The molecule has 104 valence electrons. The second-order valence-corrected chi connectivity index (χ2v) is 4.70. The third kappa shape index (κ3) is 2.78. The van der Waals surface area contributed by atoms with Crippen molar-refractivity contribution in [3.05, 3.63) is 69.6 Å². The molecule has 0 atom stereocenters. The first-order valence-corrected chi connectivity index (χ1v) is 6.64. The molecule has 0 unspecified atom stereocenters. The number of H-pyrrole nitrogens is 2. The number of rotatable bonds is 3. The molecule has 2 aromatic heterocycles. The minimum Gasteiger partial charge on any atom is -0.295 e. The van der Waals surface area contributed by atoms with Crippen molar-refractivity contribution in [2.75, 3.05) is 0 Å². The summed E-state index contributed by atoms with van der Waals surface area (Å²) >= 11 is 6.04. The number of hydrogen-bond acceptors (Lipinski definition) is 3. The molecule has 6 heteroatoms. The molecule has 0 saturated heterocycles. The van der Waals surface area contributed by atoms with Crippen molar-refractivity contribution in [2.24, 2.45) is 4.99 Å². The highest BCUT2D eigenvalue weighted by molar-refractivity contribution is 6.33. The number of aromatic nitrogens is 3. The summed E-state index contributed by atoms with van der Waals surface area (Å²) in [5.41, 5.74) is 2.01. The van der Waals surface area contributed by atoms with Crippen LogP contribution in [0.2, 0.25) is 5.02 Å². The van der Waals surface area contributed by atoms with Gasteiger partial charge in [0.25, 0.3) is 5.56 Å². The van der Waals surface area contributed by atoms with Crippen LogP contribution in [0.3, 0.4) is 0 Å². The second-order valence-electron chi connectivity index (χ2n) is 4.29. The fourth-order valence-corrected chi connectivity index (χ4v) is 2.08. The van der Waals surface area contributed by atoms with Crippen LogP contribution in [0.5, 0.6) is 0 Å². The number of aromatic amines is 2. The summed E-state index contributed by atoms with van der Waals surface area (Å²) in [6.07, 6.45) is 3.15. The van der Waals surface area contributed by atoms with Gasteiger partial charge in [-0.15, -0.1) is 0 Å². The maximum atomic E-state index is 11.9. The molecule has 0 radical (unpaired) electrons. The molecule has 0 aliphatic rings. The number of nitrogens with zero attached hydrogens (tertiary/aromatic N) is 2. The number of para-hydroxylation sites is 1. The summed E-state index contributed by atoms with van der Waals surface area (Å²) in [6, 6.07) is 12.7. The van der Waals surface area contributed by atoms with Gasteiger partial charge in [0, 0.05) is 12.4 Å². The number of halogens is 1. The van der Waals surface area contributed by atoms with Crippen LogP contribution in [0.15, 0.2) is 58.4 Å². The van der Waals surface area contributed by atoms with Crippen molar-refractivity contribution in [3.8, 4) is 11.4 Å². The van der Waals surface area contributed by atoms with Gasteiger partial charge in [-0.05, 0) is 24.3 Å². The monoisotopic (exact) mass is 298 g/mol. The maximum Gasteiger partial charge on any atom is 0.273 e. The Morgan fingerprint density at radius 3 is 2.67 bits per heavy atom. The number of benzene rings is 1. The first kappa shape index (κ1) is 13.3. The third-order valence-corrected chi connectivity index (χ3v) is 3.24. The SMILES string of the molecule is O=c1[nH][nH]c(-c2ccccn2)c1C=Nc1ccccc1Cl. The fourth-order valence-electron chi connectivity index (χ4n) is 1.89. The molecule has 1 aromatic carbocycles. The second kappa shape index (κ2) is 5.76. The van der Waals surface area contributed by atoms with Gasteiger partial charge in [-0.25, -0.2) is 0 Å². The Balaban J connectivity index is 2.02. The van der Waals surface area contributed by atoms with Gasteiger partial charge >= 0.3 is 0 Å². The summed E-state index contributed by atoms with van der Waals surface area (Å²) in [4.78, 5) is 20.4. The van der Waals surface area contributed by atoms with Gasteiger partial charge in [-0.2, -0.15) is 0 Å². The van der Waals surface area contributed by atoms with E-state index < -0.39 is 0 Å². The van der Waals surface area contributed by atoms with Crippen molar-refractivity contribution < 1.29 is 0 Å². The number of hydrogen-bond donors (Lipinski definition) is 2. The molecule has 0 aliphatic carbocycles. The van der Waals surface area contributed by atoms with Crippen LogP contribution in [0.4, 0.5) is 5.69 Å². The summed E-state index contributed by atoms with van der Waals surface area (Å²) in [5.74, 6) is 0. The van der Waals surface area contributed by atoms with Crippen molar-refractivity contribution in [3.63, 3.8) is 0 Å². The van der Waals surface area contributed by atoms with Crippen molar-refractivity contribution in [1.29, 1.82) is 0 Å². The van der Waals surface area contributed by atoms with E-state index in [1.54, 1.807) is 18.3 Å². The lowest BCUT2D eigenvalue weighted by molar-refractivity contribution is 1.05. The predicted octanol–water partition coefficient (Wildman–Crippen LogP) is 3.17. The van der Waals surface area contributed by atoms with Crippen molar-refractivity contribution >= 4 is 23.5 Å². The Kier molecular flexibility index (Phi) is 3.66. The van der Waals surface area contributed by atoms with Crippen LogP contribution < -0.4 is 5.56 Å². The molecule has 0 aliphatic heterocycles. The van der Waals surface area contributed by atoms with E-state index in [4.69, 9.17) is 11.6 Å². The molecular weight excluding hydrogens is 288 g/mol. The fraction of sp³-hybridized carbons (Fsp3) is 0. The first-order chi connectivity index (χ1) is 10.3. The standard InChI is InChI=1S/C15H11ClN4O/c16-11-5-1-2-6-12(11)18-9-10-14(19-20-15(10)21)13-7-3-4-8-17-13/h1-9H,(H2,19,20,21). The molecule has 21 heavy (non-hydrogen) atoms. The summed E-state index contributed by atoms with van der Waals surface area (Å²) in [7, 11) is 0. The van der Waals surface area contributed by atoms with Gasteiger partial charge in [0.05, 0.1) is 27.7 Å². The Morgan fingerprint density at radius 2 is 1.90 bits per heavy atom. The van der Waals surface area contributed by atoms with E-state index in [1.165, 1.54) is 6.21 Å². The summed E-state index contributed by atoms with van der Waals surface area (Å²) < 4.78 is 0. The zero-order chi connectivity index (χ0) is 14.7. The quantitative estimate of drug-likeness (QED) is 0.729. The van der Waals surface area contributed by atoms with Gasteiger partial charge in [-0.3, -0.25) is 25.0 Å². The molecule has 0 saturated carbocycles. The van der Waals surface area contributed by atoms with Gasteiger partial charge in [0.2, 0.25) is 0 Å². The van der Waals surface area contributed by atoms with E-state index in [0.717, 1.165) is 0 Å². The molecule has 0 amide bonds. The molecule has 3 aromatic rings. The molecular formula is C15H11ClN4O. The van der Waals surface area contributed by atoms with Crippen LogP contribution in [0.25, 0.3) is 11.4 Å². The molecule has 2 N–H and O–H groups in total. The zero-order valence-corrected chi connectivity index (χ0v) is 11.6. The smallest absolute Gasteiger partial charge is 0.273 e. The van der Waals surface area contributed by atoms with E-state index in [9.17, 15) is 4.79 Å². The van der Waals surface area contributed by atoms with Crippen molar-refractivity contribution in [2.45, 2.75) is 0 Å². The molecule has 5 nitrogen and oxygen atoms in total. The number of aliphatic imine (C=N–C) groups is 1. The molecule has 0 fully saturated rings. The molecule has 0 spiro atoms. The largest absolute Gasteiger partial charge is 0.295 e. The van der Waals surface area contributed by atoms with E-state index >= 15 is 0 Å². The minimum absolute atomic E-state index is 0.258. The molecule has 0 bridgehead atoms. The third-order valence-electron chi connectivity index (χ3n) is 2.92. The summed E-state index contributed by atoms with van der Waals surface area (Å²) in [5, 5.41) is 5.89. The van der Waals surface area contributed by atoms with E-state index in [-0.39, 0.29) is 5.56 Å². The van der Waals surface area contributed by atoms with Gasteiger partial charge < -0.3 is 0 Å². The maximum absolute atomic E-state index is 11.9. The van der Waals surface area contributed by atoms with Gasteiger partial charge in [0.15, 0.2) is 0 Å². The predicted molar refractivity (Wildman–Crippen MR) is 83.4 cm³/mol. The van der Waals surface area contributed by atoms with Crippen LogP contribution in [0.1, 0.15) is 5.56 Å². The lowest BCUT2D eigenvalue weighted by Crippen LogP contribution is -2.05. The molecule has 3 rings (SSSR count). The Hall–Kier alpha value is -2.66. The highest BCUT2D eigenvalue weighted by atomic mass is 35.5. The van der Waals surface area contributed by atoms with E-state index in [0.29, 0.717) is 27.7 Å². The van der Waals surface area contributed by atoms with Crippen LogP contribution in [-0.4, -0.2) is 21.4 Å².